The van der Waals surface area contributed by atoms with Gasteiger partial charge in [0.15, 0.2) is 5.11 Å². The lowest BCUT2D eigenvalue weighted by atomic mass is 10.0. The zero-order valence-electron chi connectivity index (χ0n) is 16.5. The molecule has 2 N–H and O–H groups in total. The minimum absolute atomic E-state index is 0.225. The van der Waals surface area contributed by atoms with Crippen LogP contribution in [0.25, 0.3) is 0 Å². The SMILES string of the molecule is Cc1ccc(C(=O)NC(=S)Nc2ccc(Cc3c(C)nn(C)c3C)cc2)cc1. The largest absolute Gasteiger partial charge is 0.332 e. The lowest BCUT2D eigenvalue weighted by molar-refractivity contribution is 0.0977. The maximum Gasteiger partial charge on any atom is 0.257 e. The standard InChI is InChI=1S/C22H24N4OS/c1-14-5-9-18(10-6-14)21(27)24-22(28)23-19-11-7-17(8-12-19)13-20-15(2)25-26(4)16(20)3/h5-12H,13H2,1-4H3,(H2,23,24,27,28). The fourth-order valence-corrected chi connectivity index (χ4v) is 3.24. The Morgan fingerprint density at radius 3 is 2.25 bits per heavy atom. The van der Waals surface area contributed by atoms with E-state index in [1.54, 1.807) is 12.1 Å². The van der Waals surface area contributed by atoms with E-state index in [-0.39, 0.29) is 11.0 Å². The molecule has 0 bridgehead atoms. The highest BCUT2D eigenvalue weighted by molar-refractivity contribution is 7.80. The molecular formula is C22H24N4OS. The third-order valence-corrected chi connectivity index (χ3v) is 5.00. The Hall–Kier alpha value is -2.99. The summed E-state index contributed by atoms with van der Waals surface area (Å²) in [5.41, 5.74) is 7.20. The second-order valence-electron chi connectivity index (χ2n) is 6.92. The maximum atomic E-state index is 12.2. The number of aryl methyl sites for hydroxylation is 3. The topological polar surface area (TPSA) is 59.0 Å². The van der Waals surface area contributed by atoms with Crippen LogP contribution in [0.4, 0.5) is 5.69 Å². The van der Waals surface area contributed by atoms with E-state index >= 15 is 0 Å². The van der Waals surface area contributed by atoms with Crippen LogP contribution in [0.5, 0.6) is 0 Å². The van der Waals surface area contributed by atoms with E-state index in [4.69, 9.17) is 12.2 Å². The number of amides is 1. The van der Waals surface area contributed by atoms with Crippen molar-refractivity contribution in [2.24, 2.45) is 7.05 Å². The number of nitrogens with one attached hydrogen (secondary N) is 2. The van der Waals surface area contributed by atoms with E-state index in [0.29, 0.717) is 5.56 Å². The van der Waals surface area contributed by atoms with Gasteiger partial charge in [0.25, 0.3) is 5.91 Å². The highest BCUT2D eigenvalue weighted by Crippen LogP contribution is 2.18. The van der Waals surface area contributed by atoms with Crippen LogP contribution < -0.4 is 10.6 Å². The van der Waals surface area contributed by atoms with Gasteiger partial charge in [-0.3, -0.25) is 14.8 Å². The first-order valence-corrected chi connectivity index (χ1v) is 9.51. The minimum Gasteiger partial charge on any atom is -0.332 e. The predicted octanol–water partition coefficient (Wildman–Crippen LogP) is 4.06. The molecule has 0 saturated heterocycles. The van der Waals surface area contributed by atoms with E-state index in [2.05, 4.69) is 34.8 Å². The Kier molecular flexibility index (Phi) is 5.90. The summed E-state index contributed by atoms with van der Waals surface area (Å²) in [4.78, 5) is 12.2. The Labute approximate surface area is 170 Å². The summed E-state index contributed by atoms with van der Waals surface area (Å²) in [6.07, 6.45) is 0.834. The number of rotatable bonds is 4. The lowest BCUT2D eigenvalue weighted by Gasteiger charge is -2.10. The van der Waals surface area contributed by atoms with Crippen molar-refractivity contribution in [3.05, 3.63) is 82.2 Å². The van der Waals surface area contributed by atoms with Crippen molar-refractivity contribution < 1.29 is 4.79 Å². The quantitative estimate of drug-likeness (QED) is 0.658. The average Bonchev–Trinajstić information content (AvgIpc) is 2.89. The second kappa shape index (κ2) is 8.35. The van der Waals surface area contributed by atoms with Crippen molar-refractivity contribution in [2.75, 3.05) is 5.32 Å². The van der Waals surface area contributed by atoms with Gasteiger partial charge < -0.3 is 5.32 Å². The van der Waals surface area contributed by atoms with Crippen molar-refractivity contribution in [1.29, 1.82) is 0 Å². The Morgan fingerprint density at radius 2 is 1.68 bits per heavy atom. The van der Waals surface area contributed by atoms with Crippen molar-refractivity contribution in [2.45, 2.75) is 27.2 Å². The molecule has 1 aromatic heterocycles. The minimum atomic E-state index is -0.225. The Morgan fingerprint density at radius 1 is 1.04 bits per heavy atom. The summed E-state index contributed by atoms with van der Waals surface area (Å²) in [5.74, 6) is -0.225. The maximum absolute atomic E-state index is 12.2. The lowest BCUT2D eigenvalue weighted by Crippen LogP contribution is -2.34. The Balaban J connectivity index is 1.60. The molecule has 1 amide bonds. The number of anilines is 1. The van der Waals surface area contributed by atoms with Crippen LogP contribution in [0.1, 0.15) is 38.4 Å². The number of benzene rings is 2. The fraction of sp³-hybridized carbons (Fsp3) is 0.227. The molecule has 0 spiro atoms. The molecule has 0 unspecified atom stereocenters. The number of hydrogen-bond donors (Lipinski definition) is 2. The molecular weight excluding hydrogens is 368 g/mol. The molecule has 3 aromatic rings. The highest BCUT2D eigenvalue weighted by atomic mass is 32.1. The van der Waals surface area contributed by atoms with Crippen molar-refractivity contribution >= 4 is 28.9 Å². The van der Waals surface area contributed by atoms with Crippen LogP contribution in [0.3, 0.4) is 0 Å². The fourth-order valence-electron chi connectivity index (χ4n) is 3.03. The monoisotopic (exact) mass is 392 g/mol. The first-order valence-electron chi connectivity index (χ1n) is 9.10. The van der Waals surface area contributed by atoms with Gasteiger partial charge in [0, 0.05) is 36.0 Å². The molecule has 1 heterocycles. The molecule has 0 radical (unpaired) electrons. The molecule has 0 atom stereocenters. The molecule has 0 aliphatic heterocycles. The summed E-state index contributed by atoms with van der Waals surface area (Å²) in [6, 6.07) is 15.4. The van der Waals surface area contributed by atoms with Gasteiger partial charge in [-0.15, -0.1) is 0 Å². The molecule has 0 fully saturated rings. The average molecular weight is 393 g/mol. The summed E-state index contributed by atoms with van der Waals surface area (Å²) < 4.78 is 1.91. The first-order chi connectivity index (χ1) is 13.3. The molecule has 5 nitrogen and oxygen atoms in total. The van der Waals surface area contributed by atoms with Crippen LogP contribution in [-0.2, 0) is 13.5 Å². The molecule has 0 aliphatic rings. The summed E-state index contributed by atoms with van der Waals surface area (Å²) in [6.45, 7) is 6.10. The molecule has 0 saturated carbocycles. The molecule has 2 aromatic carbocycles. The van der Waals surface area contributed by atoms with Gasteiger partial charge in [0.2, 0.25) is 0 Å². The van der Waals surface area contributed by atoms with E-state index in [0.717, 1.165) is 23.4 Å². The number of thiocarbonyl (C=S) groups is 1. The number of carbonyl (C=O) groups is 1. The van der Waals surface area contributed by atoms with E-state index in [1.807, 2.05) is 49.8 Å². The smallest absolute Gasteiger partial charge is 0.257 e. The van der Waals surface area contributed by atoms with Crippen LogP contribution in [0.15, 0.2) is 48.5 Å². The van der Waals surface area contributed by atoms with Crippen molar-refractivity contribution in [3.63, 3.8) is 0 Å². The predicted molar refractivity (Wildman–Crippen MR) is 117 cm³/mol. The van der Waals surface area contributed by atoms with Gasteiger partial charge in [-0.2, -0.15) is 5.10 Å². The molecule has 3 rings (SSSR count). The van der Waals surface area contributed by atoms with Crippen molar-refractivity contribution in [1.82, 2.24) is 15.1 Å². The van der Waals surface area contributed by atoms with Crippen LogP contribution in [-0.4, -0.2) is 20.8 Å². The summed E-state index contributed by atoms with van der Waals surface area (Å²) in [7, 11) is 1.96. The van der Waals surface area contributed by atoms with Crippen LogP contribution >= 0.6 is 12.2 Å². The summed E-state index contributed by atoms with van der Waals surface area (Å²) in [5, 5.41) is 10.5. The third-order valence-electron chi connectivity index (χ3n) is 4.79. The molecule has 28 heavy (non-hydrogen) atoms. The van der Waals surface area contributed by atoms with Gasteiger partial charge in [-0.1, -0.05) is 29.8 Å². The van der Waals surface area contributed by atoms with Gasteiger partial charge in [0.05, 0.1) is 5.69 Å². The van der Waals surface area contributed by atoms with E-state index in [9.17, 15) is 4.79 Å². The number of aromatic nitrogens is 2. The summed E-state index contributed by atoms with van der Waals surface area (Å²) >= 11 is 5.26. The highest BCUT2D eigenvalue weighted by Gasteiger charge is 2.11. The van der Waals surface area contributed by atoms with E-state index in [1.165, 1.54) is 16.8 Å². The molecule has 0 aliphatic carbocycles. The first kappa shape index (κ1) is 19.8. The van der Waals surface area contributed by atoms with Crippen LogP contribution in [0.2, 0.25) is 0 Å². The van der Waals surface area contributed by atoms with Gasteiger partial charge >= 0.3 is 0 Å². The number of hydrogen-bond acceptors (Lipinski definition) is 3. The zero-order chi connectivity index (χ0) is 20.3. The molecule has 6 heteroatoms. The van der Waals surface area contributed by atoms with Crippen LogP contribution in [0, 0.1) is 20.8 Å². The number of nitrogens with zero attached hydrogens (tertiary/aromatic N) is 2. The van der Waals surface area contributed by atoms with Gasteiger partial charge in [0.1, 0.15) is 0 Å². The number of carbonyl (C=O) groups excluding carboxylic acids is 1. The molecule has 144 valence electrons. The second-order valence-corrected chi connectivity index (χ2v) is 7.33. The van der Waals surface area contributed by atoms with Crippen molar-refractivity contribution in [3.8, 4) is 0 Å². The Bertz CT molecular complexity index is 1000. The van der Waals surface area contributed by atoms with E-state index < -0.39 is 0 Å². The third kappa shape index (κ3) is 4.64. The normalized spacial score (nSPS) is 10.6. The van der Waals surface area contributed by atoms with Gasteiger partial charge in [-0.25, -0.2) is 0 Å². The zero-order valence-corrected chi connectivity index (χ0v) is 17.4. The van der Waals surface area contributed by atoms with Gasteiger partial charge in [-0.05, 0) is 62.8 Å².